The van der Waals surface area contributed by atoms with Crippen LogP contribution in [0.15, 0.2) is 122 Å². The minimum atomic E-state index is -0.102. The van der Waals surface area contributed by atoms with E-state index in [9.17, 15) is 0 Å². The highest BCUT2D eigenvalue weighted by Gasteiger charge is 2.20. The molecule has 2 aromatic heterocycles. The highest BCUT2D eigenvalue weighted by Crippen LogP contribution is 2.35. The van der Waals surface area contributed by atoms with Crippen molar-refractivity contribution >= 4 is 0 Å². The molecule has 0 spiro atoms. The molecule has 0 N–H and O–H groups in total. The number of benzene rings is 4. The van der Waals surface area contributed by atoms with Crippen LogP contribution in [0.1, 0.15) is 70.0 Å². The first-order chi connectivity index (χ1) is 23.0. The maximum Gasteiger partial charge on any atom is 0.116 e. The fraction of sp³-hybridized carbons (Fsp3) is 0.227. The SMILES string of the molecule is C#CC(Cc1ccccc1-c1ccc(-c2cc(C(C)(C)C)ncn2)cc1)c1ccccc1-c1ccc(-c2cc(C(C)(C)C)ncn2)cc1. The second kappa shape index (κ2) is 13.4. The van der Waals surface area contributed by atoms with Crippen molar-refractivity contribution in [3.05, 3.63) is 144 Å². The summed E-state index contributed by atoms with van der Waals surface area (Å²) in [4.78, 5) is 18.1. The van der Waals surface area contributed by atoms with Crippen LogP contribution in [0.2, 0.25) is 0 Å². The Bertz CT molecular complexity index is 2070. The molecule has 0 radical (unpaired) electrons. The van der Waals surface area contributed by atoms with Gasteiger partial charge in [-0.25, -0.2) is 19.9 Å². The van der Waals surface area contributed by atoms with Gasteiger partial charge in [-0.3, -0.25) is 0 Å². The van der Waals surface area contributed by atoms with Crippen molar-refractivity contribution in [1.82, 2.24) is 19.9 Å². The Morgan fingerprint density at radius 3 is 1.48 bits per heavy atom. The van der Waals surface area contributed by atoms with Gasteiger partial charge in [0.25, 0.3) is 0 Å². The third-order valence-corrected chi connectivity index (χ3v) is 8.83. The smallest absolute Gasteiger partial charge is 0.116 e. The van der Waals surface area contributed by atoms with Crippen molar-refractivity contribution < 1.29 is 0 Å². The van der Waals surface area contributed by atoms with Crippen molar-refractivity contribution in [3.8, 4) is 57.1 Å². The molecule has 0 aliphatic rings. The lowest BCUT2D eigenvalue weighted by Gasteiger charge is -2.19. The summed E-state index contributed by atoms with van der Waals surface area (Å²) in [6.07, 6.45) is 10.3. The maximum atomic E-state index is 6.29. The zero-order valence-electron chi connectivity index (χ0n) is 28.7. The maximum absolute atomic E-state index is 6.29. The average Bonchev–Trinajstić information content (AvgIpc) is 3.10. The Hall–Kier alpha value is -5.40. The molecule has 4 heteroatoms. The lowest BCUT2D eigenvalue weighted by Crippen LogP contribution is -2.13. The lowest BCUT2D eigenvalue weighted by molar-refractivity contribution is 0.567. The predicted octanol–water partition coefficient (Wildman–Crippen LogP) is 10.5. The number of rotatable bonds is 7. The summed E-state index contributed by atoms with van der Waals surface area (Å²) in [5.74, 6) is 3.03. The van der Waals surface area contributed by atoms with Crippen molar-refractivity contribution in [3.63, 3.8) is 0 Å². The largest absolute Gasteiger partial charge is 0.241 e. The van der Waals surface area contributed by atoms with E-state index in [0.717, 1.165) is 62.6 Å². The number of nitrogens with zero attached hydrogens (tertiary/aromatic N) is 4. The summed E-state index contributed by atoms with van der Waals surface area (Å²) < 4.78 is 0. The highest BCUT2D eigenvalue weighted by atomic mass is 14.9. The summed E-state index contributed by atoms with van der Waals surface area (Å²) in [6.45, 7) is 13.0. The van der Waals surface area contributed by atoms with Crippen molar-refractivity contribution in [2.45, 2.75) is 64.7 Å². The summed E-state index contributed by atoms with van der Waals surface area (Å²) in [5, 5.41) is 0. The van der Waals surface area contributed by atoms with E-state index in [2.05, 4.69) is 177 Å². The summed E-state index contributed by atoms with van der Waals surface area (Å²) in [6, 6.07) is 38.5. The molecule has 6 aromatic rings. The summed E-state index contributed by atoms with van der Waals surface area (Å²) >= 11 is 0. The van der Waals surface area contributed by atoms with Crippen LogP contribution in [-0.4, -0.2) is 19.9 Å². The molecule has 0 aliphatic heterocycles. The van der Waals surface area contributed by atoms with E-state index >= 15 is 0 Å². The van der Waals surface area contributed by atoms with Gasteiger partial charge < -0.3 is 0 Å². The molecular formula is C44H42N4. The number of terminal acetylenes is 1. The number of hydrogen-bond acceptors (Lipinski definition) is 4. The normalized spacial score (nSPS) is 12.4. The van der Waals surface area contributed by atoms with Gasteiger partial charge in [0.2, 0.25) is 0 Å². The van der Waals surface area contributed by atoms with Crippen LogP contribution >= 0.6 is 0 Å². The van der Waals surface area contributed by atoms with E-state index in [1.54, 1.807) is 12.7 Å². The predicted molar refractivity (Wildman–Crippen MR) is 198 cm³/mol. The zero-order valence-corrected chi connectivity index (χ0v) is 28.7. The van der Waals surface area contributed by atoms with E-state index in [1.165, 1.54) is 11.1 Å². The first-order valence-corrected chi connectivity index (χ1v) is 16.5. The Kier molecular flexibility index (Phi) is 9.07. The van der Waals surface area contributed by atoms with E-state index < -0.39 is 0 Å². The summed E-state index contributed by atoms with van der Waals surface area (Å²) in [5.41, 5.74) is 12.9. The number of hydrogen-bond donors (Lipinski definition) is 0. The third kappa shape index (κ3) is 7.11. The molecule has 1 atom stereocenters. The van der Waals surface area contributed by atoms with Crippen LogP contribution in [-0.2, 0) is 17.3 Å². The molecule has 6 rings (SSSR count). The lowest BCUT2D eigenvalue weighted by atomic mass is 9.84. The monoisotopic (exact) mass is 626 g/mol. The third-order valence-electron chi connectivity index (χ3n) is 8.83. The number of aromatic nitrogens is 4. The molecule has 2 heterocycles. The standard InChI is InChI=1S/C44H42N4/c1-8-30(37-15-11-12-16-38(37)32-19-23-34(24-20-32)40-27-42(44(5,6)7)48-29-46-40)25-35-13-9-10-14-36(35)31-17-21-33(22-18-31)39-26-41(43(2,3)4)47-28-45-39/h1,9-24,26-30H,25H2,2-7H3. The molecule has 4 aromatic carbocycles. The molecular weight excluding hydrogens is 585 g/mol. The minimum absolute atomic E-state index is 0.0414. The van der Waals surface area contributed by atoms with Crippen molar-refractivity contribution in [1.29, 1.82) is 0 Å². The Balaban J connectivity index is 1.27. The molecule has 0 aliphatic carbocycles. The molecule has 4 nitrogen and oxygen atoms in total. The molecule has 0 amide bonds. The molecule has 48 heavy (non-hydrogen) atoms. The van der Waals surface area contributed by atoms with Gasteiger partial charge in [0.1, 0.15) is 12.7 Å². The van der Waals surface area contributed by atoms with Gasteiger partial charge in [-0.1, -0.05) is 145 Å². The Morgan fingerprint density at radius 2 is 0.979 bits per heavy atom. The molecule has 0 fully saturated rings. The molecule has 0 saturated heterocycles. The zero-order chi connectivity index (χ0) is 33.9. The van der Waals surface area contributed by atoms with Crippen LogP contribution in [0.25, 0.3) is 44.8 Å². The van der Waals surface area contributed by atoms with Gasteiger partial charge >= 0.3 is 0 Å². The summed E-state index contributed by atoms with van der Waals surface area (Å²) in [7, 11) is 0. The van der Waals surface area contributed by atoms with Gasteiger partial charge in [0, 0.05) is 39.3 Å². The first-order valence-electron chi connectivity index (χ1n) is 16.5. The second-order valence-electron chi connectivity index (χ2n) is 14.4. The van der Waals surface area contributed by atoms with Gasteiger partial charge in [-0.15, -0.1) is 6.42 Å². The van der Waals surface area contributed by atoms with Crippen LogP contribution in [0.4, 0.5) is 0 Å². The van der Waals surface area contributed by atoms with Crippen LogP contribution < -0.4 is 0 Å². The van der Waals surface area contributed by atoms with Gasteiger partial charge in [-0.05, 0) is 51.9 Å². The van der Waals surface area contributed by atoms with E-state index in [-0.39, 0.29) is 16.7 Å². The van der Waals surface area contributed by atoms with E-state index in [1.807, 2.05) is 0 Å². The van der Waals surface area contributed by atoms with Crippen LogP contribution in [0, 0.1) is 12.3 Å². The first kappa shape index (κ1) is 32.5. The molecule has 1 unspecified atom stereocenters. The Labute approximate surface area is 285 Å². The van der Waals surface area contributed by atoms with Crippen LogP contribution in [0.5, 0.6) is 0 Å². The highest BCUT2D eigenvalue weighted by molar-refractivity contribution is 5.74. The van der Waals surface area contributed by atoms with E-state index in [0.29, 0.717) is 0 Å². The Morgan fingerprint density at radius 1 is 0.542 bits per heavy atom. The van der Waals surface area contributed by atoms with Crippen LogP contribution in [0.3, 0.4) is 0 Å². The molecule has 0 bridgehead atoms. The average molecular weight is 627 g/mol. The van der Waals surface area contributed by atoms with Gasteiger partial charge in [-0.2, -0.15) is 0 Å². The minimum Gasteiger partial charge on any atom is -0.241 e. The molecule has 0 saturated carbocycles. The van der Waals surface area contributed by atoms with Crippen molar-refractivity contribution in [2.24, 2.45) is 0 Å². The van der Waals surface area contributed by atoms with Gasteiger partial charge in [0.05, 0.1) is 11.4 Å². The molecule has 238 valence electrons. The fourth-order valence-electron chi connectivity index (χ4n) is 6.01. The fourth-order valence-corrected chi connectivity index (χ4v) is 6.01. The van der Waals surface area contributed by atoms with Crippen molar-refractivity contribution in [2.75, 3.05) is 0 Å². The van der Waals surface area contributed by atoms with E-state index in [4.69, 9.17) is 6.42 Å². The quantitative estimate of drug-likeness (QED) is 0.165. The second-order valence-corrected chi connectivity index (χ2v) is 14.4. The van der Waals surface area contributed by atoms with Gasteiger partial charge in [0.15, 0.2) is 0 Å². The topological polar surface area (TPSA) is 51.6 Å².